The number of carbonyl (C=O) groups is 1. The Morgan fingerprint density at radius 2 is 2.17 bits per heavy atom. The SMILES string of the molecule is COc1ccc(Br)cc1C(=O)NC(CC(C)C)c1nc(C)cs1. The van der Waals surface area contributed by atoms with Crippen LogP contribution in [-0.2, 0) is 0 Å². The van der Waals surface area contributed by atoms with E-state index in [1.54, 1.807) is 30.6 Å². The molecule has 124 valence electrons. The molecule has 1 aromatic heterocycles. The molecule has 0 saturated heterocycles. The van der Waals surface area contributed by atoms with Gasteiger partial charge in [0.2, 0.25) is 0 Å². The number of ether oxygens (including phenoxy) is 1. The van der Waals surface area contributed by atoms with E-state index in [4.69, 9.17) is 4.74 Å². The van der Waals surface area contributed by atoms with Crippen LogP contribution >= 0.6 is 27.3 Å². The maximum atomic E-state index is 12.7. The first-order valence-electron chi connectivity index (χ1n) is 7.47. The molecule has 4 nitrogen and oxygen atoms in total. The summed E-state index contributed by atoms with van der Waals surface area (Å²) in [5.41, 5.74) is 1.50. The Morgan fingerprint density at radius 3 is 2.74 bits per heavy atom. The number of benzene rings is 1. The molecular weight excluding hydrogens is 376 g/mol. The number of carbonyl (C=O) groups excluding carboxylic acids is 1. The van der Waals surface area contributed by atoms with E-state index in [2.05, 4.69) is 40.1 Å². The number of methoxy groups -OCH3 is 1. The minimum absolute atomic E-state index is 0.0927. The highest BCUT2D eigenvalue weighted by molar-refractivity contribution is 9.10. The third-order valence-corrected chi connectivity index (χ3v) is 4.92. The predicted molar refractivity (Wildman–Crippen MR) is 97.2 cm³/mol. The van der Waals surface area contributed by atoms with E-state index in [1.165, 1.54) is 0 Å². The van der Waals surface area contributed by atoms with Crippen LogP contribution in [0.5, 0.6) is 5.75 Å². The van der Waals surface area contributed by atoms with Gasteiger partial charge in [-0.1, -0.05) is 29.8 Å². The molecule has 2 rings (SSSR count). The highest BCUT2D eigenvalue weighted by atomic mass is 79.9. The lowest BCUT2D eigenvalue weighted by molar-refractivity contribution is 0.0928. The highest BCUT2D eigenvalue weighted by Crippen LogP contribution is 2.27. The Hall–Kier alpha value is -1.40. The van der Waals surface area contributed by atoms with E-state index in [1.807, 2.05) is 18.4 Å². The topological polar surface area (TPSA) is 51.2 Å². The van der Waals surface area contributed by atoms with E-state index < -0.39 is 0 Å². The molecule has 1 amide bonds. The van der Waals surface area contributed by atoms with E-state index in [9.17, 15) is 4.79 Å². The lowest BCUT2D eigenvalue weighted by atomic mass is 10.0. The Kier molecular flexibility index (Phi) is 6.18. The van der Waals surface area contributed by atoms with Crippen molar-refractivity contribution in [3.8, 4) is 5.75 Å². The number of nitrogens with one attached hydrogen (secondary N) is 1. The van der Waals surface area contributed by atoms with Crippen molar-refractivity contribution < 1.29 is 9.53 Å². The molecule has 1 N–H and O–H groups in total. The van der Waals surface area contributed by atoms with Crippen molar-refractivity contribution >= 4 is 33.2 Å². The lowest BCUT2D eigenvalue weighted by Gasteiger charge is -2.19. The smallest absolute Gasteiger partial charge is 0.255 e. The third-order valence-electron chi connectivity index (χ3n) is 3.35. The molecule has 0 aliphatic heterocycles. The van der Waals surface area contributed by atoms with Crippen LogP contribution in [0.3, 0.4) is 0 Å². The molecular formula is C17H21BrN2O2S. The third kappa shape index (κ3) is 4.78. The minimum atomic E-state index is -0.151. The first-order valence-corrected chi connectivity index (χ1v) is 9.14. The Balaban J connectivity index is 2.25. The number of halogens is 1. The molecule has 1 heterocycles. The number of amides is 1. The summed E-state index contributed by atoms with van der Waals surface area (Å²) in [5.74, 6) is 0.861. The fraction of sp³-hybridized carbons (Fsp3) is 0.412. The van der Waals surface area contributed by atoms with Crippen molar-refractivity contribution in [3.05, 3.63) is 44.3 Å². The zero-order valence-electron chi connectivity index (χ0n) is 13.7. The number of hydrogen-bond donors (Lipinski definition) is 1. The summed E-state index contributed by atoms with van der Waals surface area (Å²) in [6, 6.07) is 5.31. The first-order chi connectivity index (χ1) is 10.9. The van der Waals surface area contributed by atoms with Crippen molar-refractivity contribution in [2.24, 2.45) is 5.92 Å². The Morgan fingerprint density at radius 1 is 1.43 bits per heavy atom. The predicted octanol–water partition coefficient (Wildman–Crippen LogP) is 4.74. The van der Waals surface area contributed by atoms with Gasteiger partial charge in [0.1, 0.15) is 10.8 Å². The summed E-state index contributed by atoms with van der Waals surface area (Å²) < 4.78 is 6.14. The molecule has 6 heteroatoms. The summed E-state index contributed by atoms with van der Waals surface area (Å²) in [7, 11) is 1.57. The highest BCUT2D eigenvalue weighted by Gasteiger charge is 2.22. The number of nitrogens with zero attached hydrogens (tertiary/aromatic N) is 1. The molecule has 0 fully saturated rings. The quantitative estimate of drug-likeness (QED) is 0.766. The second-order valence-corrected chi connectivity index (χ2v) is 7.63. The summed E-state index contributed by atoms with van der Waals surface area (Å²) in [6.45, 7) is 6.24. The standard InChI is InChI=1S/C17H21BrN2O2S/c1-10(2)7-14(17-19-11(3)9-23-17)20-16(21)13-8-12(18)5-6-15(13)22-4/h5-6,8-10,14H,7H2,1-4H3,(H,20,21). The van der Waals surface area contributed by atoms with Crippen LogP contribution in [0, 0.1) is 12.8 Å². The maximum absolute atomic E-state index is 12.7. The van der Waals surface area contributed by atoms with Crippen molar-refractivity contribution in [2.75, 3.05) is 7.11 Å². The fourth-order valence-corrected chi connectivity index (χ4v) is 3.54. The maximum Gasteiger partial charge on any atom is 0.255 e. The summed E-state index contributed by atoms with van der Waals surface area (Å²) in [6.07, 6.45) is 0.842. The molecule has 1 atom stereocenters. The van der Waals surface area contributed by atoms with E-state index >= 15 is 0 Å². The van der Waals surface area contributed by atoms with Gasteiger partial charge >= 0.3 is 0 Å². The van der Waals surface area contributed by atoms with Gasteiger partial charge in [0, 0.05) is 15.5 Å². The van der Waals surface area contributed by atoms with Crippen molar-refractivity contribution in [3.63, 3.8) is 0 Å². The van der Waals surface area contributed by atoms with Crippen molar-refractivity contribution in [1.29, 1.82) is 0 Å². The number of aryl methyl sites for hydroxylation is 1. The average molecular weight is 397 g/mol. The van der Waals surface area contributed by atoms with Crippen molar-refractivity contribution in [1.82, 2.24) is 10.3 Å². The van der Waals surface area contributed by atoms with Crippen LogP contribution in [0.15, 0.2) is 28.1 Å². The molecule has 0 aliphatic carbocycles. The molecule has 2 aromatic rings. The van der Waals surface area contributed by atoms with Crippen LogP contribution in [0.2, 0.25) is 0 Å². The zero-order valence-corrected chi connectivity index (χ0v) is 16.1. The molecule has 0 radical (unpaired) electrons. The van der Waals surface area contributed by atoms with E-state index in [-0.39, 0.29) is 11.9 Å². The van der Waals surface area contributed by atoms with Gasteiger partial charge in [0.05, 0.1) is 18.7 Å². The monoisotopic (exact) mass is 396 g/mol. The van der Waals surface area contributed by atoms with Crippen LogP contribution in [0.25, 0.3) is 0 Å². The van der Waals surface area contributed by atoms with E-state index in [0.29, 0.717) is 17.2 Å². The second kappa shape index (κ2) is 7.93. The number of thiazole rings is 1. The number of hydrogen-bond acceptors (Lipinski definition) is 4. The first kappa shape index (κ1) is 17.9. The zero-order chi connectivity index (χ0) is 17.0. The van der Waals surface area contributed by atoms with Gasteiger partial charge in [-0.2, -0.15) is 0 Å². The largest absolute Gasteiger partial charge is 0.496 e. The van der Waals surface area contributed by atoms with Crippen LogP contribution < -0.4 is 10.1 Å². The van der Waals surface area contributed by atoms with Gasteiger partial charge in [0.15, 0.2) is 0 Å². The minimum Gasteiger partial charge on any atom is -0.496 e. The second-order valence-electron chi connectivity index (χ2n) is 5.83. The van der Waals surface area contributed by atoms with Gasteiger partial charge in [-0.3, -0.25) is 4.79 Å². The van der Waals surface area contributed by atoms with Crippen LogP contribution in [0.1, 0.15) is 47.4 Å². The fourth-order valence-electron chi connectivity index (χ4n) is 2.32. The van der Waals surface area contributed by atoms with Crippen LogP contribution in [0.4, 0.5) is 0 Å². The van der Waals surface area contributed by atoms with Gasteiger partial charge < -0.3 is 10.1 Å². The molecule has 0 bridgehead atoms. The van der Waals surface area contributed by atoms with E-state index in [0.717, 1.165) is 21.6 Å². The average Bonchev–Trinajstić information content (AvgIpc) is 2.92. The van der Waals surface area contributed by atoms with Crippen LogP contribution in [-0.4, -0.2) is 18.0 Å². The summed E-state index contributed by atoms with van der Waals surface area (Å²) >= 11 is 4.99. The lowest BCUT2D eigenvalue weighted by Crippen LogP contribution is -2.29. The van der Waals surface area contributed by atoms with Gasteiger partial charge in [-0.15, -0.1) is 11.3 Å². The molecule has 23 heavy (non-hydrogen) atoms. The normalized spacial score (nSPS) is 12.3. The molecule has 0 aliphatic rings. The number of rotatable bonds is 6. The molecule has 1 unspecified atom stereocenters. The molecule has 0 spiro atoms. The Bertz CT molecular complexity index is 685. The summed E-state index contributed by atoms with van der Waals surface area (Å²) in [4.78, 5) is 17.2. The van der Waals surface area contributed by atoms with Gasteiger partial charge in [0.25, 0.3) is 5.91 Å². The Labute approximate surface area is 149 Å². The number of aromatic nitrogens is 1. The van der Waals surface area contributed by atoms with Crippen molar-refractivity contribution in [2.45, 2.75) is 33.2 Å². The van der Waals surface area contributed by atoms with Gasteiger partial charge in [-0.05, 0) is 37.5 Å². The molecule has 0 saturated carbocycles. The summed E-state index contributed by atoms with van der Waals surface area (Å²) in [5, 5.41) is 6.06. The molecule has 1 aromatic carbocycles. The van der Waals surface area contributed by atoms with Gasteiger partial charge in [-0.25, -0.2) is 4.98 Å².